The van der Waals surface area contributed by atoms with Crippen LogP contribution in [-0.4, -0.2) is 7.11 Å². The zero-order valence-electron chi connectivity index (χ0n) is 16.6. The number of hydrogen-bond donors (Lipinski definition) is 0. The number of ether oxygens (including phenoxy) is 1. The van der Waals surface area contributed by atoms with E-state index in [1.54, 1.807) is 18.9 Å². The number of thioether (sulfide) groups is 1. The molecule has 0 radical (unpaired) electrons. The van der Waals surface area contributed by atoms with Gasteiger partial charge in [0, 0.05) is 22.6 Å². The molecule has 148 valence electrons. The number of allylic oxidation sites excluding steroid dienone is 2. The molecule has 2 aliphatic rings. The lowest BCUT2D eigenvalue weighted by molar-refractivity contribution is 0.178. The second-order valence-corrected chi connectivity index (χ2v) is 9.02. The standard InChI is InChI=1S/C24H28O3S/c1-16-12-13-17-8-6-7-11-19(17)23(16)22-14-21(26-2)20(24(25)27-22)15-28-18-9-4-3-5-10-18/h3-5,9-10,12-14,16-17,19,23H,6-8,11,15H2,1-2H3/t16-,17+,19-,23-/m1/s1. The van der Waals surface area contributed by atoms with Gasteiger partial charge in [-0.05, 0) is 42.7 Å². The van der Waals surface area contributed by atoms with Crippen molar-refractivity contribution in [2.45, 2.75) is 49.2 Å². The first-order chi connectivity index (χ1) is 13.7. The van der Waals surface area contributed by atoms with E-state index in [-0.39, 0.29) is 11.5 Å². The highest BCUT2D eigenvalue weighted by molar-refractivity contribution is 7.98. The molecular formula is C24H28O3S. The SMILES string of the molecule is COc1cc([C@H]2[C@@H]3CCCC[C@H]3C=C[C@H]2C)oc(=O)c1CSc1ccccc1. The molecule has 4 atom stereocenters. The van der Waals surface area contributed by atoms with Crippen molar-refractivity contribution < 1.29 is 9.15 Å². The molecule has 0 bridgehead atoms. The normalized spacial score (nSPS) is 26.6. The highest BCUT2D eigenvalue weighted by Gasteiger charge is 2.38. The molecule has 0 N–H and O–H groups in total. The molecule has 4 rings (SSSR count). The summed E-state index contributed by atoms with van der Waals surface area (Å²) in [5.74, 6) is 3.80. The van der Waals surface area contributed by atoms with Crippen LogP contribution in [0.2, 0.25) is 0 Å². The van der Waals surface area contributed by atoms with Crippen LogP contribution in [0.3, 0.4) is 0 Å². The van der Waals surface area contributed by atoms with Crippen LogP contribution in [-0.2, 0) is 5.75 Å². The van der Waals surface area contributed by atoms with Crippen molar-refractivity contribution in [2.24, 2.45) is 17.8 Å². The molecule has 1 heterocycles. The smallest absolute Gasteiger partial charge is 0.343 e. The third kappa shape index (κ3) is 3.93. The molecule has 1 saturated carbocycles. The predicted octanol–water partition coefficient (Wildman–Crippen LogP) is 6.04. The van der Waals surface area contributed by atoms with Crippen LogP contribution in [0, 0.1) is 17.8 Å². The Labute approximate surface area is 171 Å². The molecule has 1 fully saturated rings. The minimum absolute atomic E-state index is 0.257. The third-order valence-corrected chi connectivity index (χ3v) is 7.31. The number of fused-ring (bicyclic) bond motifs is 1. The Morgan fingerprint density at radius 3 is 2.71 bits per heavy atom. The van der Waals surface area contributed by atoms with E-state index in [4.69, 9.17) is 9.15 Å². The highest BCUT2D eigenvalue weighted by Crippen LogP contribution is 2.48. The Morgan fingerprint density at radius 1 is 1.14 bits per heavy atom. The number of rotatable bonds is 5. The van der Waals surface area contributed by atoms with Crippen LogP contribution < -0.4 is 10.4 Å². The first-order valence-corrected chi connectivity index (χ1v) is 11.2. The monoisotopic (exact) mass is 396 g/mol. The van der Waals surface area contributed by atoms with Crippen LogP contribution >= 0.6 is 11.8 Å². The fourth-order valence-electron chi connectivity index (χ4n) is 4.83. The fraction of sp³-hybridized carbons (Fsp3) is 0.458. The zero-order chi connectivity index (χ0) is 19.5. The molecule has 0 saturated heterocycles. The summed E-state index contributed by atoms with van der Waals surface area (Å²) in [6, 6.07) is 12.1. The van der Waals surface area contributed by atoms with E-state index in [9.17, 15) is 4.79 Å². The largest absolute Gasteiger partial charge is 0.496 e. The number of hydrogen-bond acceptors (Lipinski definition) is 4. The summed E-state index contributed by atoms with van der Waals surface area (Å²) >= 11 is 1.63. The molecule has 28 heavy (non-hydrogen) atoms. The molecule has 3 nitrogen and oxygen atoms in total. The fourth-order valence-corrected chi connectivity index (χ4v) is 5.76. The van der Waals surface area contributed by atoms with Gasteiger partial charge < -0.3 is 9.15 Å². The van der Waals surface area contributed by atoms with Crippen molar-refractivity contribution >= 4 is 11.8 Å². The van der Waals surface area contributed by atoms with Gasteiger partial charge in [-0.3, -0.25) is 0 Å². The molecule has 0 unspecified atom stereocenters. The molecule has 2 aliphatic carbocycles. The summed E-state index contributed by atoms with van der Waals surface area (Å²) in [5, 5.41) is 0. The second-order valence-electron chi connectivity index (χ2n) is 7.97. The number of methoxy groups -OCH3 is 1. The summed E-state index contributed by atoms with van der Waals surface area (Å²) < 4.78 is 11.5. The zero-order valence-corrected chi connectivity index (χ0v) is 17.4. The minimum atomic E-state index is -0.258. The Morgan fingerprint density at radius 2 is 1.93 bits per heavy atom. The van der Waals surface area contributed by atoms with Gasteiger partial charge in [-0.15, -0.1) is 11.8 Å². The highest BCUT2D eigenvalue weighted by atomic mass is 32.2. The van der Waals surface area contributed by atoms with Gasteiger partial charge in [0.15, 0.2) is 0 Å². The lowest BCUT2D eigenvalue weighted by Crippen LogP contribution is -2.31. The van der Waals surface area contributed by atoms with Crippen molar-refractivity contribution in [1.29, 1.82) is 0 Å². The second kappa shape index (κ2) is 8.60. The van der Waals surface area contributed by atoms with Gasteiger partial charge in [0.25, 0.3) is 0 Å². The predicted molar refractivity (Wildman–Crippen MR) is 114 cm³/mol. The van der Waals surface area contributed by atoms with E-state index >= 15 is 0 Å². The summed E-state index contributed by atoms with van der Waals surface area (Å²) in [4.78, 5) is 14.0. The Hall–Kier alpha value is -1.94. The quantitative estimate of drug-likeness (QED) is 0.456. The first-order valence-electron chi connectivity index (χ1n) is 10.2. The van der Waals surface area contributed by atoms with Crippen molar-refractivity contribution in [1.82, 2.24) is 0 Å². The third-order valence-electron chi connectivity index (χ3n) is 6.27. The number of benzene rings is 1. The molecule has 0 aliphatic heterocycles. The average Bonchev–Trinajstić information content (AvgIpc) is 2.73. The van der Waals surface area contributed by atoms with Gasteiger partial charge in [0.1, 0.15) is 11.5 Å². The molecule has 4 heteroatoms. The molecule has 2 aromatic rings. The van der Waals surface area contributed by atoms with Crippen molar-refractivity contribution in [2.75, 3.05) is 7.11 Å². The molecule has 1 aromatic carbocycles. The minimum Gasteiger partial charge on any atom is -0.496 e. The molecule has 1 aromatic heterocycles. The van der Waals surface area contributed by atoms with Crippen LogP contribution in [0.15, 0.2) is 62.7 Å². The van der Waals surface area contributed by atoms with Crippen LogP contribution in [0.4, 0.5) is 0 Å². The van der Waals surface area contributed by atoms with Crippen LogP contribution in [0.5, 0.6) is 5.75 Å². The summed E-state index contributed by atoms with van der Waals surface area (Å²) in [6.07, 6.45) is 9.73. The summed E-state index contributed by atoms with van der Waals surface area (Å²) in [7, 11) is 1.64. The molecular weight excluding hydrogens is 368 g/mol. The molecule has 0 spiro atoms. The van der Waals surface area contributed by atoms with Crippen LogP contribution in [0.25, 0.3) is 0 Å². The van der Waals surface area contributed by atoms with Crippen molar-refractivity contribution in [3.05, 3.63) is 70.3 Å². The Bertz CT molecular complexity index is 886. The van der Waals surface area contributed by atoms with Gasteiger partial charge in [0.05, 0.1) is 12.7 Å². The topological polar surface area (TPSA) is 39.4 Å². The van der Waals surface area contributed by atoms with Gasteiger partial charge in [-0.25, -0.2) is 4.79 Å². The lowest BCUT2D eigenvalue weighted by atomic mass is 9.64. The first kappa shape index (κ1) is 19.4. The lowest BCUT2D eigenvalue weighted by Gasteiger charge is -2.40. The molecule has 0 amide bonds. The van der Waals surface area contributed by atoms with Gasteiger partial charge in [-0.2, -0.15) is 0 Å². The van der Waals surface area contributed by atoms with E-state index < -0.39 is 0 Å². The van der Waals surface area contributed by atoms with Crippen molar-refractivity contribution in [3.63, 3.8) is 0 Å². The van der Waals surface area contributed by atoms with E-state index in [2.05, 4.69) is 19.1 Å². The van der Waals surface area contributed by atoms with E-state index in [1.165, 1.54) is 25.7 Å². The summed E-state index contributed by atoms with van der Waals surface area (Å²) in [6.45, 7) is 2.23. The van der Waals surface area contributed by atoms with Gasteiger partial charge in [0.2, 0.25) is 0 Å². The van der Waals surface area contributed by atoms with Gasteiger partial charge >= 0.3 is 5.63 Å². The van der Waals surface area contributed by atoms with E-state index in [0.29, 0.717) is 34.8 Å². The van der Waals surface area contributed by atoms with Crippen LogP contribution in [0.1, 0.15) is 49.8 Å². The maximum Gasteiger partial charge on any atom is 0.343 e. The van der Waals surface area contributed by atoms with E-state index in [1.807, 2.05) is 36.4 Å². The Kier molecular flexibility index (Phi) is 5.96. The van der Waals surface area contributed by atoms with Crippen molar-refractivity contribution in [3.8, 4) is 5.75 Å². The average molecular weight is 397 g/mol. The van der Waals surface area contributed by atoms with E-state index in [0.717, 1.165) is 10.7 Å². The maximum atomic E-state index is 12.9. The maximum absolute atomic E-state index is 12.9. The summed E-state index contributed by atoms with van der Waals surface area (Å²) in [5.41, 5.74) is 0.353. The van der Waals surface area contributed by atoms with Gasteiger partial charge in [-0.1, -0.05) is 50.1 Å². The Balaban J connectivity index is 1.63.